The van der Waals surface area contributed by atoms with Gasteiger partial charge < -0.3 is 4.74 Å². The van der Waals surface area contributed by atoms with Gasteiger partial charge in [-0.15, -0.1) is 0 Å². The monoisotopic (exact) mass is 342 g/mol. The van der Waals surface area contributed by atoms with Crippen molar-refractivity contribution in [2.75, 3.05) is 6.61 Å². The maximum Gasteiger partial charge on any atom is 0.201 e. The maximum atomic E-state index is 13.5. The quantitative estimate of drug-likeness (QED) is 0.764. The van der Waals surface area contributed by atoms with Gasteiger partial charge in [-0.2, -0.15) is 0 Å². The van der Waals surface area contributed by atoms with Gasteiger partial charge in [0, 0.05) is 10.0 Å². The predicted molar refractivity (Wildman–Crippen MR) is 75.4 cm³/mol. The summed E-state index contributed by atoms with van der Waals surface area (Å²) >= 11 is 9.08. The summed E-state index contributed by atoms with van der Waals surface area (Å²) in [6, 6.07) is 11.2. The smallest absolute Gasteiger partial charge is 0.201 e. The van der Waals surface area contributed by atoms with Crippen LogP contribution >= 0.6 is 27.5 Å². The minimum absolute atomic E-state index is 0.107. The van der Waals surface area contributed by atoms with Crippen LogP contribution in [0.15, 0.2) is 46.9 Å². The summed E-state index contributed by atoms with van der Waals surface area (Å²) in [6.45, 7) is -0.275. The summed E-state index contributed by atoms with van der Waals surface area (Å²) in [6.07, 6.45) is 0. The van der Waals surface area contributed by atoms with E-state index in [-0.39, 0.29) is 23.2 Å². The Morgan fingerprint density at radius 2 is 1.95 bits per heavy atom. The second-order valence-electron chi connectivity index (χ2n) is 3.74. The Hall–Kier alpha value is -1.39. The van der Waals surface area contributed by atoms with Crippen molar-refractivity contribution >= 4 is 33.3 Å². The lowest BCUT2D eigenvalue weighted by Crippen LogP contribution is -2.13. The third kappa shape index (κ3) is 3.33. The maximum absolute atomic E-state index is 13.5. The Labute approximate surface area is 123 Å². The van der Waals surface area contributed by atoms with Crippen molar-refractivity contribution in [3.8, 4) is 5.75 Å². The van der Waals surface area contributed by atoms with Gasteiger partial charge in [0.2, 0.25) is 5.78 Å². The van der Waals surface area contributed by atoms with E-state index in [4.69, 9.17) is 16.3 Å². The number of rotatable bonds is 4. The number of ketones is 1. The van der Waals surface area contributed by atoms with Crippen molar-refractivity contribution in [3.63, 3.8) is 0 Å². The van der Waals surface area contributed by atoms with Crippen LogP contribution in [0.3, 0.4) is 0 Å². The Bertz CT molecular complexity index is 596. The molecule has 2 rings (SSSR count). The van der Waals surface area contributed by atoms with E-state index in [1.807, 2.05) is 0 Å². The lowest BCUT2D eigenvalue weighted by atomic mass is 10.1. The number of halogens is 3. The fourth-order valence-electron chi connectivity index (χ4n) is 1.52. The first-order chi connectivity index (χ1) is 9.09. The minimum Gasteiger partial charge on any atom is -0.481 e. The van der Waals surface area contributed by atoms with Crippen LogP contribution in [-0.2, 0) is 0 Å². The van der Waals surface area contributed by atoms with Gasteiger partial charge >= 0.3 is 0 Å². The molecule has 0 aliphatic rings. The van der Waals surface area contributed by atoms with Crippen molar-refractivity contribution < 1.29 is 13.9 Å². The molecule has 0 amide bonds. The largest absolute Gasteiger partial charge is 0.481 e. The van der Waals surface area contributed by atoms with E-state index >= 15 is 0 Å². The van der Waals surface area contributed by atoms with Crippen molar-refractivity contribution in [2.45, 2.75) is 0 Å². The molecule has 0 aliphatic heterocycles. The SMILES string of the molecule is O=C(COc1c(F)cccc1Cl)c1ccccc1Br. The summed E-state index contributed by atoms with van der Waals surface area (Å²) in [7, 11) is 0. The number of ether oxygens (including phenoxy) is 1. The van der Waals surface area contributed by atoms with Gasteiger partial charge in [0.15, 0.2) is 18.2 Å². The summed E-state index contributed by atoms with van der Waals surface area (Å²) in [5.74, 6) is -0.955. The van der Waals surface area contributed by atoms with E-state index in [9.17, 15) is 9.18 Å². The zero-order valence-electron chi connectivity index (χ0n) is 9.70. The molecule has 0 aliphatic carbocycles. The van der Waals surface area contributed by atoms with E-state index in [1.54, 1.807) is 24.3 Å². The van der Waals surface area contributed by atoms with Gasteiger partial charge in [-0.05, 0) is 18.2 Å². The number of Topliss-reactive ketones (excluding diaryl/α,β-unsaturated/α-hetero) is 1. The van der Waals surface area contributed by atoms with Gasteiger partial charge in [-0.1, -0.05) is 51.8 Å². The normalized spacial score (nSPS) is 10.3. The third-order valence-electron chi connectivity index (χ3n) is 2.44. The highest BCUT2D eigenvalue weighted by molar-refractivity contribution is 9.10. The summed E-state index contributed by atoms with van der Waals surface area (Å²) in [5.41, 5.74) is 0.481. The van der Waals surface area contributed by atoms with Gasteiger partial charge in [0.1, 0.15) is 0 Å². The molecule has 0 saturated carbocycles. The van der Waals surface area contributed by atoms with E-state index in [1.165, 1.54) is 18.2 Å². The minimum atomic E-state index is -0.590. The lowest BCUT2D eigenvalue weighted by molar-refractivity contribution is 0.0918. The standard InChI is InChI=1S/C14H9BrClFO2/c15-10-5-2-1-4-9(10)13(18)8-19-14-11(16)6-3-7-12(14)17/h1-7H,8H2. The van der Waals surface area contributed by atoms with Gasteiger partial charge in [-0.3, -0.25) is 4.79 Å². The number of hydrogen-bond acceptors (Lipinski definition) is 2. The predicted octanol–water partition coefficient (Wildman–Crippen LogP) is 4.50. The van der Waals surface area contributed by atoms with Crippen molar-refractivity contribution in [3.05, 3.63) is 63.3 Å². The van der Waals surface area contributed by atoms with Crippen LogP contribution in [0.1, 0.15) is 10.4 Å². The van der Waals surface area contributed by atoms with Crippen molar-refractivity contribution in [1.29, 1.82) is 0 Å². The molecule has 2 aromatic carbocycles. The molecule has 0 N–H and O–H groups in total. The van der Waals surface area contributed by atoms with Gasteiger partial charge in [0.05, 0.1) is 5.02 Å². The molecule has 0 heterocycles. The van der Waals surface area contributed by atoms with Crippen molar-refractivity contribution in [1.82, 2.24) is 0 Å². The second-order valence-corrected chi connectivity index (χ2v) is 5.00. The molecule has 0 spiro atoms. The third-order valence-corrected chi connectivity index (χ3v) is 3.43. The van der Waals surface area contributed by atoms with E-state index in [0.717, 1.165) is 0 Å². The average molecular weight is 344 g/mol. The fraction of sp³-hybridized carbons (Fsp3) is 0.0714. The molecule has 0 aromatic heterocycles. The molecule has 0 bridgehead atoms. The van der Waals surface area contributed by atoms with Crippen LogP contribution in [0.5, 0.6) is 5.75 Å². The van der Waals surface area contributed by atoms with Crippen LogP contribution in [0.25, 0.3) is 0 Å². The number of carbonyl (C=O) groups excluding carboxylic acids is 1. The van der Waals surface area contributed by atoms with Crippen LogP contribution in [-0.4, -0.2) is 12.4 Å². The Kier molecular flexibility index (Phi) is 4.56. The Balaban J connectivity index is 2.11. The summed E-state index contributed by atoms with van der Waals surface area (Å²) < 4.78 is 19.3. The first-order valence-corrected chi connectivity index (χ1v) is 6.61. The summed E-state index contributed by atoms with van der Waals surface area (Å²) in [4.78, 5) is 11.9. The molecular formula is C14H9BrClFO2. The molecule has 0 unspecified atom stereocenters. The number of benzene rings is 2. The molecule has 2 nitrogen and oxygen atoms in total. The number of para-hydroxylation sites is 1. The molecule has 19 heavy (non-hydrogen) atoms. The van der Waals surface area contributed by atoms with E-state index in [0.29, 0.717) is 10.0 Å². The van der Waals surface area contributed by atoms with E-state index < -0.39 is 5.82 Å². The Morgan fingerprint density at radius 3 is 2.63 bits per heavy atom. The highest BCUT2D eigenvalue weighted by Crippen LogP contribution is 2.27. The van der Waals surface area contributed by atoms with E-state index in [2.05, 4.69) is 15.9 Å². The first kappa shape index (κ1) is 14.0. The zero-order chi connectivity index (χ0) is 13.8. The summed E-state index contributed by atoms with van der Waals surface area (Å²) in [5, 5.41) is 0.139. The lowest BCUT2D eigenvalue weighted by Gasteiger charge is -2.09. The molecule has 98 valence electrons. The van der Waals surface area contributed by atoms with Gasteiger partial charge in [-0.25, -0.2) is 4.39 Å². The van der Waals surface area contributed by atoms with Gasteiger partial charge in [0.25, 0.3) is 0 Å². The van der Waals surface area contributed by atoms with Crippen molar-refractivity contribution in [2.24, 2.45) is 0 Å². The molecule has 0 atom stereocenters. The molecule has 2 aromatic rings. The molecule has 0 saturated heterocycles. The van der Waals surface area contributed by atoms with Crippen LogP contribution < -0.4 is 4.74 Å². The highest BCUT2D eigenvalue weighted by Gasteiger charge is 2.13. The molecular weight excluding hydrogens is 335 g/mol. The molecule has 0 radical (unpaired) electrons. The fourth-order valence-corrected chi connectivity index (χ4v) is 2.25. The highest BCUT2D eigenvalue weighted by atomic mass is 79.9. The molecule has 0 fully saturated rings. The van der Waals surface area contributed by atoms with Crippen LogP contribution in [0, 0.1) is 5.82 Å². The topological polar surface area (TPSA) is 26.3 Å². The average Bonchev–Trinajstić information content (AvgIpc) is 2.38. The van der Waals surface area contributed by atoms with Crippen LogP contribution in [0.4, 0.5) is 4.39 Å². The second kappa shape index (κ2) is 6.17. The number of carbonyl (C=O) groups is 1. The number of hydrogen-bond donors (Lipinski definition) is 0. The molecule has 5 heteroatoms. The first-order valence-electron chi connectivity index (χ1n) is 5.44. The zero-order valence-corrected chi connectivity index (χ0v) is 12.0. The Morgan fingerprint density at radius 1 is 1.21 bits per heavy atom. The van der Waals surface area contributed by atoms with Crippen LogP contribution in [0.2, 0.25) is 5.02 Å².